The van der Waals surface area contributed by atoms with Crippen LogP contribution in [0, 0.1) is 6.92 Å². The highest BCUT2D eigenvalue weighted by molar-refractivity contribution is 5.93. The third-order valence-electron chi connectivity index (χ3n) is 3.91. The zero-order valence-electron chi connectivity index (χ0n) is 14.1. The fourth-order valence-electron chi connectivity index (χ4n) is 2.59. The molecule has 26 heavy (non-hydrogen) atoms. The number of nitrogens with one attached hydrogen (secondary N) is 3. The molecule has 0 aliphatic rings. The molecule has 3 rings (SSSR count). The average molecular weight is 355 g/mol. The lowest BCUT2D eigenvalue weighted by Crippen LogP contribution is -2.23. The third-order valence-corrected chi connectivity index (χ3v) is 3.91. The summed E-state index contributed by atoms with van der Waals surface area (Å²) in [6, 6.07) is 9.30. The Labute approximate surface area is 148 Å². The van der Waals surface area contributed by atoms with Gasteiger partial charge in [0, 0.05) is 7.05 Å². The van der Waals surface area contributed by atoms with Gasteiger partial charge in [-0.3, -0.25) is 5.43 Å². The Hall–Kier alpha value is -3.75. The number of hydrogen-bond acceptors (Lipinski definition) is 6. The predicted molar refractivity (Wildman–Crippen MR) is 97.4 cm³/mol. The quantitative estimate of drug-likeness (QED) is 0.426. The predicted octanol–water partition coefficient (Wildman–Crippen LogP) is 2.35. The Morgan fingerprint density at radius 1 is 1.00 bits per heavy atom. The van der Waals surface area contributed by atoms with Crippen LogP contribution in [0.5, 0.6) is 0 Å². The van der Waals surface area contributed by atoms with Gasteiger partial charge in [0.1, 0.15) is 5.82 Å². The molecule has 0 saturated carbocycles. The van der Waals surface area contributed by atoms with Crippen molar-refractivity contribution in [2.75, 3.05) is 23.3 Å². The molecule has 3 aromatic rings. The van der Waals surface area contributed by atoms with Gasteiger partial charge in [0.25, 0.3) is 0 Å². The number of imidazole rings is 1. The first-order valence-electron chi connectivity index (χ1n) is 7.70. The van der Waals surface area contributed by atoms with Crippen molar-refractivity contribution in [3.05, 3.63) is 53.3 Å². The van der Waals surface area contributed by atoms with Gasteiger partial charge in [-0.1, -0.05) is 0 Å². The highest BCUT2D eigenvalue weighted by atomic mass is 16.4. The first kappa shape index (κ1) is 17.1. The van der Waals surface area contributed by atoms with Crippen LogP contribution in [0.2, 0.25) is 0 Å². The summed E-state index contributed by atoms with van der Waals surface area (Å²) in [6.45, 7) is 1.77. The smallest absolute Gasteiger partial charge is 0.335 e. The van der Waals surface area contributed by atoms with Crippen LogP contribution in [0.25, 0.3) is 11.0 Å². The second-order valence-electron chi connectivity index (χ2n) is 5.56. The van der Waals surface area contributed by atoms with Crippen molar-refractivity contribution < 1.29 is 19.8 Å². The molecule has 0 aliphatic carbocycles. The molecule has 9 heteroatoms. The maximum atomic E-state index is 11.2. The Morgan fingerprint density at radius 3 is 2.31 bits per heavy atom. The van der Waals surface area contributed by atoms with Crippen LogP contribution in [0.3, 0.4) is 0 Å². The van der Waals surface area contributed by atoms with Gasteiger partial charge in [-0.15, -0.1) is 0 Å². The number of benzene rings is 2. The molecule has 1 heterocycles. The Balaban J connectivity index is 1.93. The van der Waals surface area contributed by atoms with E-state index in [0.29, 0.717) is 28.2 Å². The topological polar surface area (TPSA) is 129 Å². The number of fused-ring (bicyclic) bond motifs is 1. The lowest BCUT2D eigenvalue weighted by atomic mass is 10.2. The first-order valence-corrected chi connectivity index (χ1v) is 7.70. The van der Waals surface area contributed by atoms with Crippen molar-refractivity contribution in [1.82, 2.24) is 9.66 Å². The highest BCUT2D eigenvalue weighted by Crippen LogP contribution is 2.23. The number of hydrogen-bond donors (Lipinski definition) is 5. The van der Waals surface area contributed by atoms with Crippen LogP contribution >= 0.6 is 0 Å². The van der Waals surface area contributed by atoms with E-state index in [9.17, 15) is 9.59 Å². The molecule has 5 N–H and O–H groups in total. The SMILES string of the molecule is CNc1ccc(C(=O)O)cc1NNn1c(C)nc2cc(C(=O)O)ccc21. The molecule has 1 aromatic heterocycles. The summed E-state index contributed by atoms with van der Waals surface area (Å²) >= 11 is 0. The molecule has 0 amide bonds. The first-order chi connectivity index (χ1) is 12.4. The van der Waals surface area contributed by atoms with Crippen molar-refractivity contribution in [2.45, 2.75) is 6.92 Å². The molecule has 0 fully saturated rings. The van der Waals surface area contributed by atoms with Crippen LogP contribution < -0.4 is 16.3 Å². The summed E-state index contributed by atoms with van der Waals surface area (Å²) in [4.78, 5) is 26.6. The van der Waals surface area contributed by atoms with Crippen LogP contribution in [-0.2, 0) is 0 Å². The normalized spacial score (nSPS) is 10.5. The molecule has 0 unspecified atom stereocenters. The summed E-state index contributed by atoms with van der Waals surface area (Å²) in [5.74, 6) is -1.44. The number of anilines is 2. The lowest BCUT2D eigenvalue weighted by molar-refractivity contribution is 0.0686. The minimum atomic E-state index is -1.03. The second-order valence-corrected chi connectivity index (χ2v) is 5.56. The number of nitrogens with zero attached hydrogens (tertiary/aromatic N) is 2. The van der Waals surface area contributed by atoms with Gasteiger partial charge in [-0.05, 0) is 43.3 Å². The number of carbonyl (C=O) groups is 2. The number of rotatable bonds is 6. The van der Waals surface area contributed by atoms with Crippen LogP contribution in [-0.4, -0.2) is 38.9 Å². The Bertz CT molecular complexity index is 1010. The van der Waals surface area contributed by atoms with Crippen LogP contribution in [0.1, 0.15) is 26.5 Å². The molecular formula is C17H17N5O4. The van der Waals surface area contributed by atoms with Gasteiger partial charge < -0.3 is 15.5 Å². The maximum Gasteiger partial charge on any atom is 0.335 e. The summed E-state index contributed by atoms with van der Waals surface area (Å²) in [5, 5.41) is 21.2. The summed E-state index contributed by atoms with van der Waals surface area (Å²) in [6.07, 6.45) is 0. The number of carboxylic acids is 2. The molecule has 0 aliphatic heterocycles. The molecule has 0 radical (unpaired) electrons. The van der Waals surface area contributed by atoms with Crippen molar-refractivity contribution in [3.63, 3.8) is 0 Å². The van der Waals surface area contributed by atoms with Crippen molar-refractivity contribution in [2.24, 2.45) is 0 Å². The van der Waals surface area contributed by atoms with Crippen LogP contribution in [0.4, 0.5) is 11.4 Å². The molecule has 0 bridgehead atoms. The standard InChI is InChI=1S/C17H17N5O4/c1-9-19-14-8-11(17(25)26)4-6-15(14)22(9)21-20-13-7-10(16(23)24)3-5-12(13)18-2/h3-8,18,20-21H,1-2H3,(H,23,24)(H,25,26). The number of aromatic nitrogens is 2. The summed E-state index contributed by atoms with van der Waals surface area (Å²) in [7, 11) is 1.73. The number of aryl methyl sites for hydroxylation is 1. The van der Waals surface area contributed by atoms with Gasteiger partial charge in [0.05, 0.1) is 33.5 Å². The molecule has 2 aromatic carbocycles. The summed E-state index contributed by atoms with van der Waals surface area (Å²) < 4.78 is 1.65. The van der Waals surface area contributed by atoms with E-state index >= 15 is 0 Å². The van der Waals surface area contributed by atoms with Gasteiger partial charge in [-0.2, -0.15) is 0 Å². The molecular weight excluding hydrogens is 338 g/mol. The molecule has 0 spiro atoms. The minimum absolute atomic E-state index is 0.145. The molecule has 134 valence electrons. The molecule has 9 nitrogen and oxygen atoms in total. The van der Waals surface area contributed by atoms with Gasteiger partial charge in [0.15, 0.2) is 0 Å². The van der Waals surface area contributed by atoms with E-state index < -0.39 is 11.9 Å². The highest BCUT2D eigenvalue weighted by Gasteiger charge is 2.12. The Kier molecular flexibility index (Phi) is 4.36. The lowest BCUT2D eigenvalue weighted by Gasteiger charge is -2.16. The summed E-state index contributed by atoms with van der Waals surface area (Å²) in [5.41, 5.74) is 8.69. The fourth-order valence-corrected chi connectivity index (χ4v) is 2.59. The third kappa shape index (κ3) is 3.09. The van der Waals surface area contributed by atoms with Crippen molar-refractivity contribution >= 4 is 34.3 Å². The average Bonchev–Trinajstić information content (AvgIpc) is 2.93. The van der Waals surface area contributed by atoms with E-state index in [0.717, 1.165) is 0 Å². The number of hydrazine groups is 1. The zero-order valence-corrected chi connectivity index (χ0v) is 14.1. The largest absolute Gasteiger partial charge is 0.478 e. The van der Waals surface area contributed by atoms with E-state index in [1.54, 1.807) is 30.8 Å². The fraction of sp³-hybridized carbons (Fsp3) is 0.118. The molecule has 0 saturated heterocycles. The van der Waals surface area contributed by atoms with Crippen molar-refractivity contribution in [1.29, 1.82) is 0 Å². The van der Waals surface area contributed by atoms with E-state index in [2.05, 4.69) is 21.3 Å². The maximum absolute atomic E-state index is 11.2. The number of aromatic carboxylic acids is 2. The van der Waals surface area contributed by atoms with E-state index in [1.807, 2.05) is 0 Å². The minimum Gasteiger partial charge on any atom is -0.478 e. The Morgan fingerprint density at radius 2 is 1.65 bits per heavy atom. The molecule has 0 atom stereocenters. The monoisotopic (exact) mass is 355 g/mol. The number of carboxylic acid groups (broad SMARTS) is 2. The van der Waals surface area contributed by atoms with E-state index in [1.165, 1.54) is 24.3 Å². The van der Waals surface area contributed by atoms with E-state index in [4.69, 9.17) is 10.2 Å². The second kappa shape index (κ2) is 6.63. The van der Waals surface area contributed by atoms with Crippen molar-refractivity contribution in [3.8, 4) is 0 Å². The van der Waals surface area contributed by atoms with Crippen LogP contribution in [0.15, 0.2) is 36.4 Å². The van der Waals surface area contributed by atoms with Gasteiger partial charge in [0.2, 0.25) is 0 Å². The van der Waals surface area contributed by atoms with Gasteiger partial charge >= 0.3 is 11.9 Å². The zero-order chi connectivity index (χ0) is 18.8. The van der Waals surface area contributed by atoms with E-state index in [-0.39, 0.29) is 11.1 Å². The van der Waals surface area contributed by atoms with Gasteiger partial charge in [-0.25, -0.2) is 24.8 Å².